The van der Waals surface area contributed by atoms with Gasteiger partial charge in [-0.25, -0.2) is 0 Å². The minimum atomic E-state index is -0.300. The molecule has 1 fully saturated rings. The molecule has 0 amide bonds. The molecule has 1 N–H and O–H groups in total. The maximum atomic E-state index is 11.0. The van der Waals surface area contributed by atoms with E-state index in [0.717, 1.165) is 23.7 Å². The molecule has 1 aliphatic carbocycles. The topological polar surface area (TPSA) is 20.2 Å². The summed E-state index contributed by atoms with van der Waals surface area (Å²) in [5, 5.41) is 13.1. The van der Waals surface area contributed by atoms with Gasteiger partial charge in [-0.2, -0.15) is 0 Å². The highest BCUT2D eigenvalue weighted by molar-refractivity contribution is 9.10. The highest BCUT2D eigenvalue weighted by atomic mass is 79.9. The van der Waals surface area contributed by atoms with Crippen LogP contribution in [0, 0.1) is 0 Å². The van der Waals surface area contributed by atoms with Crippen LogP contribution >= 0.6 is 27.3 Å². The summed E-state index contributed by atoms with van der Waals surface area (Å²) in [5.74, 6) is 0. The Morgan fingerprint density at radius 2 is 1.86 bits per heavy atom. The minimum absolute atomic E-state index is 0.0595. The fourth-order valence-electron chi connectivity index (χ4n) is 3.61. The van der Waals surface area contributed by atoms with Crippen LogP contribution in [-0.2, 0) is 11.8 Å². The van der Waals surface area contributed by atoms with E-state index in [1.54, 1.807) is 11.3 Å². The third kappa shape index (κ3) is 3.25. The third-order valence-electron chi connectivity index (χ3n) is 4.75. The second kappa shape index (κ2) is 6.64. The van der Waals surface area contributed by atoms with Crippen molar-refractivity contribution in [1.82, 2.24) is 0 Å². The van der Waals surface area contributed by atoms with Gasteiger partial charge in [0.15, 0.2) is 0 Å². The van der Waals surface area contributed by atoms with Crippen molar-refractivity contribution in [3.05, 3.63) is 56.7 Å². The molecule has 0 radical (unpaired) electrons. The smallest absolute Gasteiger partial charge is 0.0684 e. The Morgan fingerprint density at radius 3 is 2.48 bits per heavy atom. The SMILES string of the molecule is OC(Cc1cc(Br)cs1)C1(c2ccccc2)CCCCC1. The van der Waals surface area contributed by atoms with Crippen LogP contribution in [0.3, 0.4) is 0 Å². The molecule has 0 bridgehead atoms. The van der Waals surface area contributed by atoms with E-state index in [4.69, 9.17) is 0 Å². The Morgan fingerprint density at radius 1 is 1.14 bits per heavy atom. The first kappa shape index (κ1) is 15.3. The van der Waals surface area contributed by atoms with Gasteiger partial charge in [0.05, 0.1) is 6.10 Å². The van der Waals surface area contributed by atoms with E-state index in [1.165, 1.54) is 29.7 Å². The second-order valence-corrected chi connectivity index (χ2v) is 7.95. The van der Waals surface area contributed by atoms with Crippen molar-refractivity contribution in [2.45, 2.75) is 50.0 Å². The summed E-state index contributed by atoms with van der Waals surface area (Å²) in [4.78, 5) is 1.26. The summed E-state index contributed by atoms with van der Waals surface area (Å²) in [6.07, 6.45) is 6.40. The summed E-state index contributed by atoms with van der Waals surface area (Å²) >= 11 is 5.23. The second-order valence-electron chi connectivity index (χ2n) is 6.03. The Balaban J connectivity index is 1.88. The van der Waals surface area contributed by atoms with E-state index in [9.17, 15) is 5.11 Å². The molecule has 112 valence electrons. The van der Waals surface area contributed by atoms with Gasteiger partial charge >= 0.3 is 0 Å². The fourth-order valence-corrected chi connectivity index (χ4v) is 5.10. The van der Waals surface area contributed by atoms with Crippen LogP contribution in [0.5, 0.6) is 0 Å². The summed E-state index contributed by atoms with van der Waals surface area (Å²) in [5.41, 5.74) is 1.25. The third-order valence-corrected chi connectivity index (χ3v) is 6.47. The van der Waals surface area contributed by atoms with Crippen molar-refractivity contribution in [2.24, 2.45) is 0 Å². The van der Waals surface area contributed by atoms with Crippen molar-refractivity contribution >= 4 is 27.3 Å². The molecule has 1 aromatic heterocycles. The molecule has 1 unspecified atom stereocenters. The predicted molar refractivity (Wildman–Crippen MR) is 92.9 cm³/mol. The highest BCUT2D eigenvalue weighted by Crippen LogP contribution is 2.43. The Kier molecular flexibility index (Phi) is 4.82. The zero-order chi connectivity index (χ0) is 14.7. The minimum Gasteiger partial charge on any atom is -0.392 e. The van der Waals surface area contributed by atoms with Gasteiger partial charge in [-0.3, -0.25) is 0 Å². The molecule has 3 rings (SSSR count). The Bertz CT molecular complexity index is 572. The number of thiophene rings is 1. The van der Waals surface area contributed by atoms with E-state index in [1.807, 2.05) is 0 Å². The van der Waals surface area contributed by atoms with E-state index < -0.39 is 0 Å². The van der Waals surface area contributed by atoms with Crippen LogP contribution in [0.25, 0.3) is 0 Å². The molecule has 2 aromatic rings. The summed E-state index contributed by atoms with van der Waals surface area (Å²) in [6, 6.07) is 12.8. The summed E-state index contributed by atoms with van der Waals surface area (Å²) in [7, 11) is 0. The first-order valence-electron chi connectivity index (χ1n) is 7.67. The monoisotopic (exact) mass is 364 g/mol. The van der Waals surface area contributed by atoms with Gasteiger partial charge in [-0.05, 0) is 40.4 Å². The van der Waals surface area contributed by atoms with Crippen LogP contribution in [0.15, 0.2) is 46.3 Å². The number of hydrogen-bond acceptors (Lipinski definition) is 2. The van der Waals surface area contributed by atoms with E-state index in [0.29, 0.717) is 0 Å². The first-order chi connectivity index (χ1) is 10.2. The summed E-state index contributed by atoms with van der Waals surface area (Å²) < 4.78 is 1.12. The lowest BCUT2D eigenvalue weighted by Gasteiger charge is -2.42. The number of halogens is 1. The molecule has 1 saturated carbocycles. The largest absolute Gasteiger partial charge is 0.392 e. The molecule has 1 atom stereocenters. The molecule has 1 aromatic carbocycles. The van der Waals surface area contributed by atoms with Gasteiger partial charge in [0, 0.05) is 26.6 Å². The average molecular weight is 365 g/mol. The zero-order valence-corrected chi connectivity index (χ0v) is 14.5. The van der Waals surface area contributed by atoms with Crippen LogP contribution in [0.4, 0.5) is 0 Å². The van der Waals surface area contributed by atoms with E-state index in [-0.39, 0.29) is 11.5 Å². The van der Waals surface area contributed by atoms with Crippen LogP contribution in [0.1, 0.15) is 42.5 Å². The van der Waals surface area contributed by atoms with Crippen LogP contribution < -0.4 is 0 Å². The Labute approximate surface area is 139 Å². The quantitative estimate of drug-likeness (QED) is 0.778. The standard InChI is InChI=1S/C18H21BrOS/c19-15-11-16(21-13-15)12-17(20)18(9-5-2-6-10-18)14-7-3-1-4-8-14/h1,3-4,7-8,11,13,17,20H,2,5-6,9-10,12H2. The van der Waals surface area contributed by atoms with Gasteiger partial charge in [-0.1, -0.05) is 49.6 Å². The molecule has 1 nitrogen and oxygen atoms in total. The Hall–Kier alpha value is -0.640. The number of benzene rings is 1. The van der Waals surface area contributed by atoms with Crippen molar-refractivity contribution in [2.75, 3.05) is 0 Å². The summed E-state index contributed by atoms with van der Waals surface area (Å²) in [6.45, 7) is 0. The van der Waals surface area contributed by atoms with Crippen LogP contribution in [-0.4, -0.2) is 11.2 Å². The highest BCUT2D eigenvalue weighted by Gasteiger charge is 2.40. The van der Waals surface area contributed by atoms with E-state index >= 15 is 0 Å². The average Bonchev–Trinajstić information content (AvgIpc) is 2.94. The van der Waals surface area contributed by atoms with Gasteiger partial charge < -0.3 is 5.11 Å². The zero-order valence-electron chi connectivity index (χ0n) is 12.1. The molecule has 1 aliphatic rings. The number of hydrogen-bond donors (Lipinski definition) is 1. The lowest BCUT2D eigenvalue weighted by molar-refractivity contribution is 0.0545. The van der Waals surface area contributed by atoms with Crippen molar-refractivity contribution in [3.63, 3.8) is 0 Å². The molecule has 0 saturated heterocycles. The van der Waals surface area contributed by atoms with Crippen molar-refractivity contribution in [1.29, 1.82) is 0 Å². The van der Waals surface area contributed by atoms with Crippen molar-refractivity contribution in [3.8, 4) is 0 Å². The molecular formula is C18H21BrOS. The lowest BCUT2D eigenvalue weighted by Crippen LogP contribution is -2.42. The molecule has 1 heterocycles. The van der Waals surface area contributed by atoms with Gasteiger partial charge in [0.2, 0.25) is 0 Å². The first-order valence-corrected chi connectivity index (χ1v) is 9.34. The molecule has 0 aliphatic heterocycles. The molecule has 3 heteroatoms. The maximum absolute atomic E-state index is 11.0. The number of rotatable bonds is 4. The predicted octanol–water partition coefficient (Wildman–Crippen LogP) is 5.32. The van der Waals surface area contributed by atoms with Crippen molar-refractivity contribution < 1.29 is 5.11 Å². The molecule has 21 heavy (non-hydrogen) atoms. The molecule has 0 spiro atoms. The number of aliphatic hydroxyl groups is 1. The van der Waals surface area contributed by atoms with Crippen LogP contribution in [0.2, 0.25) is 0 Å². The van der Waals surface area contributed by atoms with Gasteiger partial charge in [0.1, 0.15) is 0 Å². The van der Waals surface area contributed by atoms with Gasteiger partial charge in [-0.15, -0.1) is 11.3 Å². The maximum Gasteiger partial charge on any atom is 0.0684 e. The number of aliphatic hydroxyl groups excluding tert-OH is 1. The normalized spacial score (nSPS) is 19.3. The van der Waals surface area contributed by atoms with Gasteiger partial charge in [0.25, 0.3) is 0 Å². The van der Waals surface area contributed by atoms with E-state index in [2.05, 4.69) is 57.7 Å². The fraction of sp³-hybridized carbons (Fsp3) is 0.444. The molecular weight excluding hydrogens is 344 g/mol. The lowest BCUT2D eigenvalue weighted by atomic mass is 9.65.